The van der Waals surface area contributed by atoms with Gasteiger partial charge in [0, 0.05) is 0 Å². The second kappa shape index (κ2) is 5.38. The van der Waals surface area contributed by atoms with E-state index in [9.17, 15) is 5.11 Å². The lowest BCUT2D eigenvalue weighted by molar-refractivity contribution is -0.151. The molecule has 2 nitrogen and oxygen atoms in total. The molecule has 0 amide bonds. The molecule has 1 saturated heterocycles. The fraction of sp³-hybridized carbons (Fsp3) is 1.00. The summed E-state index contributed by atoms with van der Waals surface area (Å²) >= 11 is 0. The van der Waals surface area contributed by atoms with Gasteiger partial charge in [-0.2, -0.15) is 0 Å². The highest BCUT2D eigenvalue weighted by Crippen LogP contribution is 2.17. The molecule has 1 aliphatic heterocycles. The molecule has 1 heterocycles. The lowest BCUT2D eigenvalue weighted by Crippen LogP contribution is -2.35. The van der Waals surface area contributed by atoms with E-state index < -0.39 is 6.29 Å². The Morgan fingerprint density at radius 3 is 2.29 bits per heavy atom. The SMILES string of the molecule is CC(C)(C)OC(O)C[S+]1CCCCC1. The van der Waals surface area contributed by atoms with Crippen LogP contribution in [-0.4, -0.2) is 34.3 Å². The summed E-state index contributed by atoms with van der Waals surface area (Å²) in [4.78, 5) is 0. The lowest BCUT2D eigenvalue weighted by Gasteiger charge is -2.24. The van der Waals surface area contributed by atoms with E-state index in [-0.39, 0.29) is 5.60 Å². The first-order valence-corrected chi connectivity index (χ1v) is 7.20. The van der Waals surface area contributed by atoms with Gasteiger partial charge in [-0.1, -0.05) is 0 Å². The van der Waals surface area contributed by atoms with Gasteiger partial charge in [0.2, 0.25) is 6.29 Å². The predicted molar refractivity (Wildman–Crippen MR) is 62.7 cm³/mol. The van der Waals surface area contributed by atoms with Crippen LogP contribution in [-0.2, 0) is 15.6 Å². The van der Waals surface area contributed by atoms with Crippen LogP contribution in [0.25, 0.3) is 0 Å². The summed E-state index contributed by atoms with van der Waals surface area (Å²) in [7, 11) is 0.416. The molecule has 0 radical (unpaired) electrons. The minimum atomic E-state index is -0.559. The Labute approximate surface area is 90.4 Å². The number of ether oxygens (including phenoxy) is 1. The van der Waals surface area contributed by atoms with E-state index in [0.717, 1.165) is 5.75 Å². The largest absolute Gasteiger partial charge is 0.364 e. The molecular weight excluding hydrogens is 196 g/mol. The number of rotatable bonds is 3. The van der Waals surface area contributed by atoms with E-state index in [1.54, 1.807) is 0 Å². The van der Waals surface area contributed by atoms with Crippen molar-refractivity contribution in [3.63, 3.8) is 0 Å². The van der Waals surface area contributed by atoms with Crippen molar-refractivity contribution in [1.82, 2.24) is 0 Å². The molecule has 3 heteroatoms. The molecule has 1 fully saturated rings. The van der Waals surface area contributed by atoms with Gasteiger partial charge < -0.3 is 9.84 Å². The first-order chi connectivity index (χ1) is 6.47. The topological polar surface area (TPSA) is 29.5 Å². The minimum absolute atomic E-state index is 0.224. The molecule has 1 atom stereocenters. The molecule has 0 aromatic heterocycles. The molecule has 1 unspecified atom stereocenters. The van der Waals surface area contributed by atoms with Crippen molar-refractivity contribution in [2.45, 2.75) is 51.9 Å². The molecule has 1 rings (SSSR count). The summed E-state index contributed by atoms with van der Waals surface area (Å²) in [5.41, 5.74) is -0.224. The van der Waals surface area contributed by atoms with Crippen LogP contribution < -0.4 is 0 Å². The average Bonchev–Trinajstić information content (AvgIpc) is 2.02. The molecule has 0 aliphatic carbocycles. The minimum Gasteiger partial charge on any atom is -0.364 e. The summed E-state index contributed by atoms with van der Waals surface area (Å²) in [6.07, 6.45) is 3.49. The number of aliphatic hydroxyl groups excluding tert-OH is 1. The molecule has 84 valence electrons. The van der Waals surface area contributed by atoms with Gasteiger partial charge >= 0.3 is 0 Å². The standard InChI is InChI=1S/C11H23O2S/c1-11(2,3)13-10(12)9-14-7-5-4-6-8-14/h10,12H,4-9H2,1-3H3/q+1. The quantitative estimate of drug-likeness (QED) is 0.580. The fourth-order valence-corrected chi connectivity index (χ4v) is 3.94. The van der Waals surface area contributed by atoms with Crippen LogP contribution in [0.4, 0.5) is 0 Å². The number of aliphatic hydroxyl groups is 1. The van der Waals surface area contributed by atoms with Crippen molar-refractivity contribution in [2.75, 3.05) is 17.3 Å². The molecule has 0 bridgehead atoms. The van der Waals surface area contributed by atoms with Gasteiger partial charge in [-0.15, -0.1) is 0 Å². The van der Waals surface area contributed by atoms with Gasteiger partial charge in [-0.3, -0.25) is 0 Å². The maximum atomic E-state index is 9.72. The summed E-state index contributed by atoms with van der Waals surface area (Å²) in [5, 5.41) is 9.72. The van der Waals surface area contributed by atoms with Crippen LogP contribution in [0.3, 0.4) is 0 Å². The van der Waals surface area contributed by atoms with Gasteiger partial charge in [-0.05, 0) is 50.9 Å². The molecule has 1 aliphatic rings. The van der Waals surface area contributed by atoms with E-state index in [4.69, 9.17) is 4.74 Å². The number of hydrogen-bond acceptors (Lipinski definition) is 2. The lowest BCUT2D eigenvalue weighted by atomic mass is 10.2. The van der Waals surface area contributed by atoms with Crippen LogP contribution in [0.15, 0.2) is 0 Å². The zero-order valence-corrected chi connectivity index (χ0v) is 10.4. The van der Waals surface area contributed by atoms with Crippen LogP contribution in [0.2, 0.25) is 0 Å². The first kappa shape index (κ1) is 12.3. The molecule has 0 saturated carbocycles. The molecule has 0 spiro atoms. The Hall–Kier alpha value is 0.270. The molecule has 14 heavy (non-hydrogen) atoms. The first-order valence-electron chi connectivity index (χ1n) is 5.47. The van der Waals surface area contributed by atoms with Crippen LogP contribution in [0.5, 0.6) is 0 Å². The normalized spacial score (nSPS) is 22.3. The Bertz CT molecular complexity index is 159. The van der Waals surface area contributed by atoms with Gasteiger partial charge in [0.25, 0.3) is 0 Å². The van der Waals surface area contributed by atoms with Gasteiger partial charge in [0.15, 0.2) is 5.75 Å². The van der Waals surface area contributed by atoms with Crippen LogP contribution in [0, 0.1) is 0 Å². The monoisotopic (exact) mass is 219 g/mol. The third-order valence-electron chi connectivity index (χ3n) is 2.23. The van der Waals surface area contributed by atoms with Gasteiger partial charge in [0.05, 0.1) is 5.60 Å². The van der Waals surface area contributed by atoms with Crippen LogP contribution >= 0.6 is 0 Å². The third kappa shape index (κ3) is 5.23. The Kier molecular flexibility index (Phi) is 4.74. The van der Waals surface area contributed by atoms with Gasteiger partial charge in [-0.25, -0.2) is 0 Å². The Morgan fingerprint density at radius 1 is 1.21 bits per heavy atom. The number of hydrogen-bond donors (Lipinski definition) is 1. The third-order valence-corrected chi connectivity index (χ3v) is 4.72. The summed E-state index contributed by atoms with van der Waals surface area (Å²) in [6, 6.07) is 0. The van der Waals surface area contributed by atoms with E-state index in [1.807, 2.05) is 20.8 Å². The molecule has 1 N–H and O–H groups in total. The second-order valence-electron chi connectivity index (χ2n) is 4.93. The van der Waals surface area contributed by atoms with Crippen molar-refractivity contribution in [2.24, 2.45) is 0 Å². The molecule has 0 aromatic carbocycles. The Balaban J connectivity index is 2.21. The van der Waals surface area contributed by atoms with Crippen molar-refractivity contribution >= 4 is 10.9 Å². The fourth-order valence-electron chi connectivity index (χ4n) is 1.70. The summed E-state index contributed by atoms with van der Waals surface area (Å²) in [6.45, 7) is 5.96. The molecular formula is C11H23O2S+. The maximum Gasteiger partial charge on any atom is 0.200 e. The highest BCUT2D eigenvalue weighted by molar-refractivity contribution is 7.96. The van der Waals surface area contributed by atoms with Crippen molar-refractivity contribution in [3.05, 3.63) is 0 Å². The summed E-state index contributed by atoms with van der Waals surface area (Å²) < 4.78 is 5.50. The van der Waals surface area contributed by atoms with E-state index in [0.29, 0.717) is 10.9 Å². The van der Waals surface area contributed by atoms with Crippen molar-refractivity contribution < 1.29 is 9.84 Å². The zero-order chi connectivity index (χ0) is 10.6. The van der Waals surface area contributed by atoms with E-state index >= 15 is 0 Å². The van der Waals surface area contributed by atoms with E-state index in [2.05, 4.69) is 0 Å². The van der Waals surface area contributed by atoms with Gasteiger partial charge in [0.1, 0.15) is 11.5 Å². The average molecular weight is 219 g/mol. The van der Waals surface area contributed by atoms with Crippen molar-refractivity contribution in [1.29, 1.82) is 0 Å². The summed E-state index contributed by atoms with van der Waals surface area (Å²) in [5.74, 6) is 3.44. The highest BCUT2D eigenvalue weighted by Gasteiger charge is 2.27. The highest BCUT2D eigenvalue weighted by atomic mass is 32.2. The maximum absolute atomic E-state index is 9.72. The zero-order valence-electron chi connectivity index (χ0n) is 9.58. The molecule has 0 aromatic rings. The van der Waals surface area contributed by atoms with Crippen molar-refractivity contribution in [3.8, 4) is 0 Å². The van der Waals surface area contributed by atoms with E-state index in [1.165, 1.54) is 30.8 Å². The Morgan fingerprint density at radius 2 is 1.79 bits per heavy atom. The smallest absolute Gasteiger partial charge is 0.200 e. The predicted octanol–water partition coefficient (Wildman–Crippen LogP) is 1.92. The second-order valence-corrected chi connectivity index (χ2v) is 7.31. The van der Waals surface area contributed by atoms with Crippen LogP contribution in [0.1, 0.15) is 40.0 Å².